The fourth-order valence-corrected chi connectivity index (χ4v) is 6.51. The number of hydrogen-bond donors (Lipinski definition) is 0. The zero-order valence-electron chi connectivity index (χ0n) is 20.7. The molecule has 0 amide bonds. The minimum atomic E-state index is -4.18. The highest BCUT2D eigenvalue weighted by molar-refractivity contribution is 6.21. The molecule has 0 unspecified atom stereocenters. The average molecular weight is 529 g/mol. The predicted molar refractivity (Wildman–Crippen MR) is 133 cm³/mol. The zero-order valence-corrected chi connectivity index (χ0v) is 21.4. The molecule has 7 heteroatoms. The van der Waals surface area contributed by atoms with Crippen molar-refractivity contribution < 1.29 is 26.7 Å². The molecule has 2 aromatic rings. The standard InChI is InChI=1S/C29H34ClF5O/c1-36-17-20-6-11-22(12-7-20)21-9-4-18(5-10-21)2-3-19-8-13-24(25(31)14-19)23-15-26(32)28(27(33)16-23)29(30,34)35/h8,13-16,18,20-22H,2-7,9-12,17H2,1H3. The third kappa shape index (κ3) is 6.61. The Morgan fingerprint density at radius 2 is 1.36 bits per heavy atom. The number of rotatable bonds is 8. The van der Waals surface area contributed by atoms with E-state index in [-0.39, 0.29) is 11.1 Å². The molecule has 0 atom stereocenters. The Balaban J connectivity index is 1.30. The van der Waals surface area contributed by atoms with Gasteiger partial charge in [0.25, 0.3) is 0 Å². The molecule has 0 saturated heterocycles. The second-order valence-electron chi connectivity index (χ2n) is 10.7. The van der Waals surface area contributed by atoms with E-state index in [0.29, 0.717) is 18.1 Å². The third-order valence-electron chi connectivity index (χ3n) is 8.36. The van der Waals surface area contributed by atoms with Crippen LogP contribution in [0.1, 0.15) is 68.9 Å². The van der Waals surface area contributed by atoms with Crippen LogP contribution in [0.15, 0.2) is 30.3 Å². The summed E-state index contributed by atoms with van der Waals surface area (Å²) in [5.74, 6) is -0.625. The summed E-state index contributed by atoms with van der Waals surface area (Å²) in [4.78, 5) is 0. The first-order valence-corrected chi connectivity index (χ1v) is 13.4. The van der Waals surface area contributed by atoms with E-state index < -0.39 is 28.4 Å². The Morgan fingerprint density at radius 3 is 1.86 bits per heavy atom. The molecule has 2 saturated carbocycles. The molecule has 2 fully saturated rings. The van der Waals surface area contributed by atoms with Crippen molar-refractivity contribution in [1.29, 1.82) is 0 Å². The van der Waals surface area contributed by atoms with Gasteiger partial charge in [-0.25, -0.2) is 13.2 Å². The highest BCUT2D eigenvalue weighted by Gasteiger charge is 2.36. The summed E-state index contributed by atoms with van der Waals surface area (Å²) in [6.45, 7) is 0.883. The Hall–Kier alpha value is -1.66. The molecule has 4 rings (SSSR count). The largest absolute Gasteiger partial charge is 0.384 e. The molecular formula is C29H34ClF5O. The van der Waals surface area contributed by atoms with Gasteiger partial charge in [-0.3, -0.25) is 0 Å². The van der Waals surface area contributed by atoms with Gasteiger partial charge in [-0.1, -0.05) is 25.0 Å². The molecule has 1 nitrogen and oxygen atoms in total. The first kappa shape index (κ1) is 27.4. The maximum atomic E-state index is 14.8. The minimum Gasteiger partial charge on any atom is -0.384 e. The smallest absolute Gasteiger partial charge is 0.353 e. The summed E-state index contributed by atoms with van der Waals surface area (Å²) in [6.07, 6.45) is 11.9. The molecule has 2 aliphatic carbocycles. The minimum absolute atomic E-state index is 0.0401. The quantitative estimate of drug-likeness (QED) is 0.245. The summed E-state index contributed by atoms with van der Waals surface area (Å²) >= 11 is 4.79. The number of hydrogen-bond acceptors (Lipinski definition) is 1. The fraction of sp³-hybridized carbons (Fsp3) is 0.586. The van der Waals surface area contributed by atoms with Gasteiger partial charge in [0.2, 0.25) is 0 Å². The van der Waals surface area contributed by atoms with Gasteiger partial charge >= 0.3 is 5.38 Å². The molecule has 0 spiro atoms. The SMILES string of the molecule is COCC1CCC(C2CCC(CCc3ccc(-c4cc(F)c(C(F)(F)Cl)c(F)c4)c(F)c3)CC2)CC1. The van der Waals surface area contributed by atoms with Crippen molar-refractivity contribution in [2.45, 2.75) is 69.6 Å². The lowest BCUT2D eigenvalue weighted by atomic mass is 9.68. The lowest BCUT2D eigenvalue weighted by Crippen LogP contribution is -2.27. The number of benzene rings is 2. The van der Waals surface area contributed by atoms with Crippen LogP contribution in [0, 0.1) is 41.1 Å². The molecule has 0 radical (unpaired) electrons. The molecule has 0 N–H and O–H groups in total. The van der Waals surface area contributed by atoms with E-state index in [4.69, 9.17) is 16.3 Å². The second-order valence-corrected chi connectivity index (χ2v) is 11.2. The van der Waals surface area contributed by atoms with Crippen molar-refractivity contribution in [1.82, 2.24) is 0 Å². The molecule has 0 heterocycles. The number of alkyl halides is 3. The third-order valence-corrected chi connectivity index (χ3v) is 8.55. The fourth-order valence-electron chi connectivity index (χ4n) is 6.33. The first-order valence-electron chi connectivity index (χ1n) is 13.0. The van der Waals surface area contributed by atoms with Gasteiger partial charge < -0.3 is 4.74 Å². The van der Waals surface area contributed by atoms with Crippen LogP contribution in [0.2, 0.25) is 0 Å². The van der Waals surface area contributed by atoms with E-state index >= 15 is 0 Å². The van der Waals surface area contributed by atoms with Gasteiger partial charge in [-0.05, 0) is 116 Å². The lowest BCUT2D eigenvalue weighted by molar-refractivity contribution is 0.0859. The summed E-state index contributed by atoms with van der Waals surface area (Å²) in [6, 6.07) is 5.94. The Labute approximate surface area is 215 Å². The number of ether oxygens (including phenoxy) is 1. The van der Waals surface area contributed by atoms with E-state index in [0.717, 1.165) is 42.8 Å². The first-order chi connectivity index (χ1) is 17.2. The van der Waals surface area contributed by atoms with Crippen molar-refractivity contribution in [2.24, 2.45) is 23.7 Å². The Morgan fingerprint density at radius 1 is 0.806 bits per heavy atom. The zero-order chi connectivity index (χ0) is 25.9. The van der Waals surface area contributed by atoms with Crippen LogP contribution in [0.5, 0.6) is 0 Å². The van der Waals surface area contributed by atoms with Crippen LogP contribution in [0.4, 0.5) is 22.0 Å². The molecular weight excluding hydrogens is 495 g/mol. The van der Waals surface area contributed by atoms with Gasteiger partial charge in [0.15, 0.2) is 0 Å². The van der Waals surface area contributed by atoms with Gasteiger partial charge in [-0.2, -0.15) is 8.78 Å². The number of methoxy groups -OCH3 is 1. The summed E-state index contributed by atoms with van der Waals surface area (Å²) in [5.41, 5.74) is -0.895. The van der Waals surface area contributed by atoms with Crippen molar-refractivity contribution in [3.05, 3.63) is 58.9 Å². The van der Waals surface area contributed by atoms with Gasteiger partial charge in [0, 0.05) is 19.3 Å². The van der Waals surface area contributed by atoms with Crippen molar-refractivity contribution in [3.8, 4) is 11.1 Å². The summed E-state index contributed by atoms with van der Waals surface area (Å²) < 4.78 is 74.8. The average Bonchev–Trinajstić information content (AvgIpc) is 2.82. The van der Waals surface area contributed by atoms with Crippen LogP contribution in [-0.4, -0.2) is 13.7 Å². The van der Waals surface area contributed by atoms with E-state index in [1.54, 1.807) is 13.2 Å². The normalized spacial score (nSPS) is 25.2. The van der Waals surface area contributed by atoms with E-state index in [2.05, 4.69) is 0 Å². The summed E-state index contributed by atoms with van der Waals surface area (Å²) in [5, 5.41) is -4.18. The van der Waals surface area contributed by atoms with Crippen LogP contribution >= 0.6 is 11.6 Å². The molecule has 0 bridgehead atoms. The van der Waals surface area contributed by atoms with Gasteiger partial charge in [0.05, 0.1) is 0 Å². The monoisotopic (exact) mass is 528 g/mol. The Bertz CT molecular complexity index is 998. The molecule has 198 valence electrons. The van der Waals surface area contributed by atoms with Crippen molar-refractivity contribution in [3.63, 3.8) is 0 Å². The van der Waals surface area contributed by atoms with Gasteiger partial charge in [-0.15, -0.1) is 0 Å². The van der Waals surface area contributed by atoms with Crippen LogP contribution < -0.4 is 0 Å². The number of aryl methyl sites for hydroxylation is 1. The Kier molecular flexibility index (Phi) is 8.98. The maximum absolute atomic E-state index is 14.8. The molecule has 36 heavy (non-hydrogen) atoms. The van der Waals surface area contributed by atoms with Crippen molar-refractivity contribution in [2.75, 3.05) is 13.7 Å². The van der Waals surface area contributed by atoms with Crippen molar-refractivity contribution >= 4 is 11.6 Å². The highest BCUT2D eigenvalue weighted by atomic mass is 35.5. The van der Waals surface area contributed by atoms with E-state index in [1.807, 2.05) is 0 Å². The predicted octanol–water partition coefficient (Wildman–Crippen LogP) is 9.25. The molecule has 0 aliphatic heterocycles. The van der Waals surface area contributed by atoms with Crippen LogP contribution in [0.3, 0.4) is 0 Å². The highest BCUT2D eigenvalue weighted by Crippen LogP contribution is 2.42. The van der Waals surface area contributed by atoms with Gasteiger partial charge in [0.1, 0.15) is 23.0 Å². The second kappa shape index (κ2) is 11.8. The van der Waals surface area contributed by atoms with E-state index in [1.165, 1.54) is 63.5 Å². The lowest BCUT2D eigenvalue weighted by Gasteiger charge is -2.37. The van der Waals surface area contributed by atoms with Crippen LogP contribution in [-0.2, 0) is 16.5 Å². The molecule has 2 aliphatic rings. The molecule has 0 aromatic heterocycles. The van der Waals surface area contributed by atoms with E-state index in [9.17, 15) is 22.0 Å². The maximum Gasteiger partial charge on any atom is 0.353 e. The summed E-state index contributed by atoms with van der Waals surface area (Å²) in [7, 11) is 1.78. The molecule has 2 aromatic carbocycles. The number of halogens is 6. The topological polar surface area (TPSA) is 9.23 Å². The van der Waals surface area contributed by atoms with Crippen LogP contribution in [0.25, 0.3) is 11.1 Å².